The number of pyridine rings is 1. The summed E-state index contributed by atoms with van der Waals surface area (Å²) in [5.41, 5.74) is 6.96. The zero-order chi connectivity index (χ0) is 14.8. The molecule has 0 unspecified atom stereocenters. The highest BCUT2D eigenvalue weighted by Gasteiger charge is 2.17. The van der Waals surface area contributed by atoms with Crippen LogP contribution in [0, 0.1) is 12.7 Å². The lowest BCUT2D eigenvalue weighted by Crippen LogP contribution is -2.15. The average Bonchev–Trinajstić information content (AvgIpc) is 2.43. The van der Waals surface area contributed by atoms with E-state index >= 15 is 0 Å². The lowest BCUT2D eigenvalue weighted by Gasteiger charge is -2.10. The van der Waals surface area contributed by atoms with Crippen LogP contribution in [0.25, 0.3) is 0 Å². The summed E-state index contributed by atoms with van der Waals surface area (Å²) in [4.78, 5) is 3.85. The summed E-state index contributed by atoms with van der Waals surface area (Å²) >= 11 is 0. The maximum atomic E-state index is 13.2. The highest BCUT2D eigenvalue weighted by Crippen LogP contribution is 2.19. The number of anilines is 1. The van der Waals surface area contributed by atoms with Crippen LogP contribution in [0.4, 0.5) is 10.1 Å². The van der Waals surface area contributed by atoms with E-state index in [0.29, 0.717) is 5.56 Å². The van der Waals surface area contributed by atoms with E-state index in [9.17, 15) is 12.8 Å². The second-order valence-corrected chi connectivity index (χ2v) is 5.90. The Kier molecular flexibility index (Phi) is 4.01. The number of aryl methyl sites for hydroxylation is 1. The maximum absolute atomic E-state index is 13.2. The lowest BCUT2D eigenvalue weighted by molar-refractivity contribution is 0.597. The van der Waals surface area contributed by atoms with Crippen LogP contribution >= 0.6 is 0 Å². The molecule has 0 fully saturated rings. The van der Waals surface area contributed by atoms with E-state index in [-0.39, 0.29) is 17.3 Å². The third kappa shape index (κ3) is 3.12. The Morgan fingerprint density at radius 2 is 2.05 bits per heavy atom. The number of aromatic nitrogens is 1. The molecule has 0 aliphatic carbocycles. The van der Waals surface area contributed by atoms with E-state index in [1.807, 2.05) is 0 Å². The van der Waals surface area contributed by atoms with Gasteiger partial charge in [0.15, 0.2) is 5.03 Å². The van der Waals surface area contributed by atoms with Crippen molar-refractivity contribution in [2.75, 3.05) is 4.72 Å². The number of nitrogens with zero attached hydrogens (tertiary/aromatic N) is 1. The zero-order valence-corrected chi connectivity index (χ0v) is 11.6. The fourth-order valence-corrected chi connectivity index (χ4v) is 2.64. The molecule has 20 heavy (non-hydrogen) atoms. The normalized spacial score (nSPS) is 11.3. The molecule has 3 N–H and O–H groups in total. The summed E-state index contributed by atoms with van der Waals surface area (Å²) in [6.07, 6.45) is 1.40. The van der Waals surface area contributed by atoms with Crippen molar-refractivity contribution in [1.29, 1.82) is 0 Å². The molecule has 1 aromatic heterocycles. The molecular weight excluding hydrogens is 281 g/mol. The molecule has 2 rings (SSSR count). The van der Waals surface area contributed by atoms with Crippen LogP contribution in [0.1, 0.15) is 11.1 Å². The van der Waals surface area contributed by atoms with Gasteiger partial charge in [0.25, 0.3) is 10.0 Å². The van der Waals surface area contributed by atoms with Crippen molar-refractivity contribution in [1.82, 2.24) is 4.98 Å². The standard InChI is InChI=1S/C13H14FN3O2S/c1-9-2-4-11(14)6-12(9)17-20(18,19)13-5-3-10(7-15)8-16-13/h2-6,8,17H,7,15H2,1H3. The summed E-state index contributed by atoms with van der Waals surface area (Å²) in [5, 5.41) is -0.140. The van der Waals surface area contributed by atoms with Crippen LogP contribution in [-0.4, -0.2) is 13.4 Å². The first kappa shape index (κ1) is 14.4. The van der Waals surface area contributed by atoms with Crippen LogP contribution in [0.5, 0.6) is 0 Å². The second kappa shape index (κ2) is 5.56. The van der Waals surface area contributed by atoms with Gasteiger partial charge in [-0.15, -0.1) is 0 Å². The molecule has 1 aromatic carbocycles. The summed E-state index contributed by atoms with van der Waals surface area (Å²) in [6.45, 7) is 1.96. The van der Waals surface area contributed by atoms with Crippen molar-refractivity contribution in [3.63, 3.8) is 0 Å². The van der Waals surface area contributed by atoms with E-state index in [1.54, 1.807) is 13.0 Å². The first-order valence-corrected chi connectivity index (χ1v) is 7.34. The van der Waals surface area contributed by atoms with Gasteiger partial charge in [-0.2, -0.15) is 8.42 Å². The van der Waals surface area contributed by atoms with Crippen LogP contribution < -0.4 is 10.5 Å². The van der Waals surface area contributed by atoms with Crippen molar-refractivity contribution in [3.8, 4) is 0 Å². The number of hydrogen-bond donors (Lipinski definition) is 2. The largest absolute Gasteiger partial charge is 0.326 e. The predicted octanol–water partition coefficient (Wildman–Crippen LogP) is 1.79. The van der Waals surface area contributed by atoms with Gasteiger partial charge in [0.2, 0.25) is 0 Å². The first-order valence-electron chi connectivity index (χ1n) is 5.86. The number of halogens is 1. The minimum atomic E-state index is -3.85. The van der Waals surface area contributed by atoms with Gasteiger partial charge in [0, 0.05) is 12.7 Å². The average molecular weight is 295 g/mol. The monoisotopic (exact) mass is 295 g/mol. The summed E-state index contributed by atoms with van der Waals surface area (Å²) in [6, 6.07) is 6.83. The van der Waals surface area contributed by atoms with Crippen LogP contribution in [-0.2, 0) is 16.6 Å². The third-order valence-electron chi connectivity index (χ3n) is 2.75. The molecule has 0 amide bonds. The molecule has 5 nitrogen and oxygen atoms in total. The number of nitrogens with one attached hydrogen (secondary N) is 1. The van der Waals surface area contributed by atoms with Gasteiger partial charge in [-0.25, -0.2) is 9.37 Å². The Bertz CT molecular complexity index is 715. The van der Waals surface area contributed by atoms with E-state index < -0.39 is 15.8 Å². The molecule has 0 aliphatic rings. The van der Waals surface area contributed by atoms with E-state index in [1.165, 1.54) is 24.4 Å². The molecule has 0 spiro atoms. The molecule has 106 valence electrons. The van der Waals surface area contributed by atoms with Crippen molar-refractivity contribution in [2.45, 2.75) is 18.5 Å². The lowest BCUT2D eigenvalue weighted by atomic mass is 10.2. The first-order chi connectivity index (χ1) is 9.42. The quantitative estimate of drug-likeness (QED) is 0.900. The van der Waals surface area contributed by atoms with Gasteiger partial charge >= 0.3 is 0 Å². The van der Waals surface area contributed by atoms with Gasteiger partial charge in [-0.05, 0) is 36.2 Å². The minimum absolute atomic E-state index is 0.140. The molecule has 1 heterocycles. The van der Waals surface area contributed by atoms with Crippen molar-refractivity contribution >= 4 is 15.7 Å². The van der Waals surface area contributed by atoms with Crippen LogP contribution in [0.15, 0.2) is 41.6 Å². The Morgan fingerprint density at radius 3 is 2.65 bits per heavy atom. The fourth-order valence-electron chi connectivity index (χ4n) is 1.59. The molecular formula is C13H14FN3O2S. The van der Waals surface area contributed by atoms with E-state index in [4.69, 9.17) is 5.73 Å². The maximum Gasteiger partial charge on any atom is 0.279 e. The number of sulfonamides is 1. The molecule has 0 aliphatic heterocycles. The molecule has 0 radical (unpaired) electrons. The molecule has 2 aromatic rings. The highest BCUT2D eigenvalue weighted by atomic mass is 32.2. The fraction of sp³-hybridized carbons (Fsp3) is 0.154. The summed E-state index contributed by atoms with van der Waals surface area (Å²) in [5.74, 6) is -0.514. The molecule has 0 bridgehead atoms. The Balaban J connectivity index is 2.32. The number of hydrogen-bond acceptors (Lipinski definition) is 4. The summed E-state index contributed by atoms with van der Waals surface area (Å²) in [7, 11) is -3.85. The molecule has 7 heteroatoms. The third-order valence-corrected chi connectivity index (χ3v) is 4.03. The van der Waals surface area contributed by atoms with Gasteiger partial charge in [-0.3, -0.25) is 4.72 Å². The predicted molar refractivity (Wildman–Crippen MR) is 74.1 cm³/mol. The van der Waals surface area contributed by atoms with E-state index in [0.717, 1.165) is 11.6 Å². The van der Waals surface area contributed by atoms with Crippen LogP contribution in [0.3, 0.4) is 0 Å². The topological polar surface area (TPSA) is 85.1 Å². The second-order valence-electron chi connectivity index (χ2n) is 4.27. The Hall–Kier alpha value is -1.99. The van der Waals surface area contributed by atoms with Crippen LogP contribution in [0.2, 0.25) is 0 Å². The Morgan fingerprint density at radius 1 is 1.30 bits per heavy atom. The van der Waals surface area contributed by atoms with E-state index in [2.05, 4.69) is 9.71 Å². The van der Waals surface area contributed by atoms with Crippen molar-refractivity contribution in [2.24, 2.45) is 5.73 Å². The smallest absolute Gasteiger partial charge is 0.279 e. The van der Waals surface area contributed by atoms with Gasteiger partial charge in [-0.1, -0.05) is 12.1 Å². The van der Waals surface area contributed by atoms with Gasteiger partial charge in [0.05, 0.1) is 5.69 Å². The molecule has 0 atom stereocenters. The number of rotatable bonds is 4. The molecule has 0 saturated carbocycles. The van der Waals surface area contributed by atoms with Gasteiger partial charge < -0.3 is 5.73 Å². The SMILES string of the molecule is Cc1ccc(F)cc1NS(=O)(=O)c1ccc(CN)cn1. The zero-order valence-electron chi connectivity index (χ0n) is 10.8. The van der Waals surface area contributed by atoms with Crippen molar-refractivity contribution in [3.05, 3.63) is 53.5 Å². The number of nitrogens with two attached hydrogens (primary N) is 1. The number of benzene rings is 1. The van der Waals surface area contributed by atoms with Crippen molar-refractivity contribution < 1.29 is 12.8 Å². The minimum Gasteiger partial charge on any atom is -0.326 e. The highest BCUT2D eigenvalue weighted by molar-refractivity contribution is 7.92. The Labute approximate surface area is 116 Å². The summed E-state index contributed by atoms with van der Waals surface area (Å²) < 4.78 is 39.8. The molecule has 0 saturated heterocycles. The van der Waals surface area contributed by atoms with Gasteiger partial charge in [0.1, 0.15) is 5.82 Å².